The fourth-order valence-electron chi connectivity index (χ4n) is 3.31. The first-order chi connectivity index (χ1) is 9.27. The van der Waals surface area contributed by atoms with Crippen molar-refractivity contribution in [2.24, 2.45) is 5.41 Å². The van der Waals surface area contributed by atoms with Gasteiger partial charge < -0.3 is 10.0 Å². The summed E-state index contributed by atoms with van der Waals surface area (Å²) in [6, 6.07) is 0.181. The Bertz CT molecular complexity index is 326. The molecule has 1 rings (SSSR count). The van der Waals surface area contributed by atoms with Crippen molar-refractivity contribution in [3.8, 4) is 0 Å². The molecule has 1 aliphatic rings. The molecule has 0 spiro atoms. The molecule has 2 N–H and O–H groups in total. The lowest BCUT2D eigenvalue weighted by atomic mass is 9.82. The molecule has 0 aromatic heterocycles. The van der Waals surface area contributed by atoms with Crippen molar-refractivity contribution in [1.29, 1.82) is 0 Å². The van der Waals surface area contributed by atoms with Crippen molar-refractivity contribution in [3.63, 3.8) is 0 Å². The minimum Gasteiger partial charge on any atom is -0.480 e. The number of rotatable bonds is 8. The van der Waals surface area contributed by atoms with Gasteiger partial charge in [0.2, 0.25) is 0 Å². The number of carboxylic acid groups (broad SMARTS) is 1. The van der Waals surface area contributed by atoms with E-state index in [1.807, 2.05) is 13.8 Å². The number of hydrogen-bond donors (Lipinski definition) is 2. The maximum atomic E-state index is 11.5. The van der Waals surface area contributed by atoms with Crippen LogP contribution in [0.4, 0.5) is 0 Å². The molecule has 1 atom stereocenters. The Morgan fingerprint density at radius 2 is 2.00 bits per heavy atom. The molecule has 1 heterocycles. The normalized spacial score (nSPS) is 22.1. The topological polar surface area (TPSA) is 52.6 Å². The predicted octanol–water partition coefficient (Wildman–Crippen LogP) is 2.73. The third kappa shape index (κ3) is 4.19. The lowest BCUT2D eigenvalue weighted by Gasteiger charge is -2.31. The number of aliphatic carboxylic acids is 1. The van der Waals surface area contributed by atoms with E-state index in [0.29, 0.717) is 11.8 Å². The first kappa shape index (κ1) is 17.4. The lowest BCUT2D eigenvalue weighted by Crippen LogP contribution is -2.53. The van der Waals surface area contributed by atoms with Gasteiger partial charge in [0.05, 0.1) is 0 Å². The van der Waals surface area contributed by atoms with E-state index >= 15 is 0 Å². The number of carbonyl (C=O) groups is 1. The Labute approximate surface area is 123 Å². The third-order valence-electron chi connectivity index (χ3n) is 5.02. The first-order valence-electron chi connectivity index (χ1n) is 8.00. The molecule has 1 unspecified atom stereocenters. The summed E-state index contributed by atoms with van der Waals surface area (Å²) in [6.45, 7) is 13.4. The van der Waals surface area contributed by atoms with Gasteiger partial charge in [-0.05, 0) is 58.4 Å². The van der Waals surface area contributed by atoms with E-state index in [4.69, 9.17) is 0 Å². The molecule has 0 aromatic rings. The molecule has 4 nitrogen and oxygen atoms in total. The summed E-state index contributed by atoms with van der Waals surface area (Å²) in [7, 11) is 0. The second-order valence-electron chi connectivity index (χ2n) is 6.92. The van der Waals surface area contributed by atoms with Crippen LogP contribution in [0.15, 0.2) is 0 Å². The summed E-state index contributed by atoms with van der Waals surface area (Å²) >= 11 is 0. The highest BCUT2D eigenvalue weighted by atomic mass is 16.4. The summed E-state index contributed by atoms with van der Waals surface area (Å²) < 4.78 is 0. The maximum absolute atomic E-state index is 11.5. The summed E-state index contributed by atoms with van der Waals surface area (Å²) in [6.07, 6.45) is 4.35. The highest BCUT2D eigenvalue weighted by molar-refractivity contribution is 5.78. The molecule has 0 amide bonds. The number of carboxylic acids is 1. The minimum atomic E-state index is -0.822. The van der Waals surface area contributed by atoms with Crippen LogP contribution in [0.3, 0.4) is 0 Å². The Kier molecular flexibility index (Phi) is 6.02. The van der Waals surface area contributed by atoms with Crippen molar-refractivity contribution >= 4 is 5.97 Å². The molecule has 1 aliphatic heterocycles. The zero-order valence-corrected chi connectivity index (χ0v) is 13.8. The van der Waals surface area contributed by atoms with Crippen LogP contribution in [0.1, 0.15) is 60.3 Å². The van der Waals surface area contributed by atoms with E-state index in [1.54, 1.807) is 6.92 Å². The third-order valence-corrected chi connectivity index (χ3v) is 5.02. The Morgan fingerprint density at radius 1 is 1.40 bits per heavy atom. The zero-order chi connectivity index (χ0) is 15.4. The molecule has 1 saturated heterocycles. The van der Waals surface area contributed by atoms with Gasteiger partial charge in [0, 0.05) is 19.1 Å². The van der Waals surface area contributed by atoms with Crippen molar-refractivity contribution < 1.29 is 9.90 Å². The molecular formula is C16H32N2O2. The van der Waals surface area contributed by atoms with Crippen LogP contribution in [0.5, 0.6) is 0 Å². The number of hydrogen-bond acceptors (Lipinski definition) is 3. The molecule has 4 heteroatoms. The van der Waals surface area contributed by atoms with Crippen molar-refractivity contribution in [1.82, 2.24) is 10.2 Å². The fourth-order valence-corrected chi connectivity index (χ4v) is 3.31. The molecule has 0 aliphatic carbocycles. The van der Waals surface area contributed by atoms with Gasteiger partial charge in [-0.25, -0.2) is 0 Å². The second kappa shape index (κ2) is 6.90. The lowest BCUT2D eigenvalue weighted by molar-refractivity contribution is -0.144. The average molecular weight is 284 g/mol. The fraction of sp³-hybridized carbons (Fsp3) is 0.938. The molecule has 0 bridgehead atoms. The Morgan fingerprint density at radius 3 is 2.40 bits per heavy atom. The second-order valence-corrected chi connectivity index (χ2v) is 6.92. The van der Waals surface area contributed by atoms with Gasteiger partial charge >= 0.3 is 5.97 Å². The van der Waals surface area contributed by atoms with Crippen molar-refractivity contribution in [3.05, 3.63) is 0 Å². The van der Waals surface area contributed by atoms with Crippen molar-refractivity contribution in [2.75, 3.05) is 19.6 Å². The number of likely N-dealkylation sites (tertiary alicyclic amines) is 1. The molecule has 0 saturated carbocycles. The largest absolute Gasteiger partial charge is 0.480 e. The van der Waals surface area contributed by atoms with Gasteiger partial charge in [-0.3, -0.25) is 10.1 Å². The number of nitrogens with one attached hydrogen (secondary N) is 1. The van der Waals surface area contributed by atoms with E-state index in [0.717, 1.165) is 19.6 Å². The molecule has 20 heavy (non-hydrogen) atoms. The minimum absolute atomic E-state index is 0.181. The van der Waals surface area contributed by atoms with E-state index in [2.05, 4.69) is 24.1 Å². The van der Waals surface area contributed by atoms with Gasteiger partial charge in [-0.15, -0.1) is 0 Å². The Hall–Kier alpha value is -0.610. The highest BCUT2D eigenvalue weighted by Crippen LogP contribution is 2.37. The molecule has 0 radical (unpaired) electrons. The molecule has 118 valence electrons. The SMILES string of the molecule is CCC1(CC)CCN(CCC(C)(NC(C)C)C(=O)O)C1. The van der Waals surface area contributed by atoms with Crippen LogP contribution >= 0.6 is 0 Å². The van der Waals surface area contributed by atoms with E-state index in [9.17, 15) is 9.90 Å². The summed E-state index contributed by atoms with van der Waals surface area (Å²) in [5, 5.41) is 12.7. The highest BCUT2D eigenvalue weighted by Gasteiger charge is 2.38. The van der Waals surface area contributed by atoms with Crippen LogP contribution < -0.4 is 5.32 Å². The summed E-state index contributed by atoms with van der Waals surface area (Å²) in [4.78, 5) is 14.0. The van der Waals surface area contributed by atoms with Crippen LogP contribution in [0, 0.1) is 5.41 Å². The van der Waals surface area contributed by atoms with Crippen LogP contribution in [-0.4, -0.2) is 47.2 Å². The van der Waals surface area contributed by atoms with Gasteiger partial charge in [0.15, 0.2) is 0 Å². The van der Waals surface area contributed by atoms with E-state index in [-0.39, 0.29) is 6.04 Å². The van der Waals surface area contributed by atoms with Gasteiger partial charge in [0.1, 0.15) is 5.54 Å². The standard InChI is InChI=1S/C16H32N2O2/c1-6-16(7-2)9-11-18(12-16)10-8-15(5,14(19)20)17-13(3)4/h13,17H,6-12H2,1-5H3,(H,19,20). The number of nitrogens with zero attached hydrogens (tertiary/aromatic N) is 1. The van der Waals surface area contributed by atoms with Crippen LogP contribution in [-0.2, 0) is 4.79 Å². The Balaban J connectivity index is 2.55. The zero-order valence-electron chi connectivity index (χ0n) is 13.8. The average Bonchev–Trinajstić information content (AvgIpc) is 2.80. The van der Waals surface area contributed by atoms with Gasteiger partial charge in [0.25, 0.3) is 0 Å². The first-order valence-corrected chi connectivity index (χ1v) is 8.00. The van der Waals surface area contributed by atoms with E-state index < -0.39 is 11.5 Å². The van der Waals surface area contributed by atoms with Gasteiger partial charge in [-0.2, -0.15) is 0 Å². The molecule has 1 fully saturated rings. The maximum Gasteiger partial charge on any atom is 0.323 e. The van der Waals surface area contributed by atoms with Crippen LogP contribution in [0.25, 0.3) is 0 Å². The summed E-state index contributed by atoms with van der Waals surface area (Å²) in [5.74, 6) is -0.748. The van der Waals surface area contributed by atoms with Gasteiger partial charge in [-0.1, -0.05) is 13.8 Å². The summed E-state index contributed by atoms with van der Waals surface area (Å²) in [5.41, 5.74) is -0.358. The monoisotopic (exact) mass is 284 g/mol. The smallest absolute Gasteiger partial charge is 0.323 e. The van der Waals surface area contributed by atoms with Crippen LogP contribution in [0.2, 0.25) is 0 Å². The van der Waals surface area contributed by atoms with Crippen molar-refractivity contribution in [2.45, 2.75) is 71.9 Å². The van der Waals surface area contributed by atoms with E-state index in [1.165, 1.54) is 19.3 Å². The molecular weight excluding hydrogens is 252 g/mol. The molecule has 0 aromatic carbocycles. The quantitative estimate of drug-likeness (QED) is 0.719. The predicted molar refractivity (Wildman–Crippen MR) is 83.0 cm³/mol.